The summed E-state index contributed by atoms with van der Waals surface area (Å²) in [7, 11) is 0. The average Bonchev–Trinajstić information content (AvgIpc) is 2.35. The summed E-state index contributed by atoms with van der Waals surface area (Å²) in [5.41, 5.74) is 11.6. The normalized spacial score (nSPS) is 12.8. The number of hydrogen-bond donors (Lipinski definition) is 2. The molecule has 1 heterocycles. The molecule has 60 valence electrons. The number of nitrogens with two attached hydrogens (primary N) is 2. The highest BCUT2D eigenvalue weighted by Crippen LogP contribution is 2.16. The van der Waals surface area contributed by atoms with E-state index in [0.29, 0.717) is 0 Å². The van der Waals surface area contributed by atoms with Gasteiger partial charge in [0.25, 0.3) is 0 Å². The van der Waals surface area contributed by atoms with E-state index in [2.05, 4.69) is 0 Å². The van der Waals surface area contributed by atoms with Crippen LogP contribution in [0.3, 0.4) is 0 Å². The summed E-state index contributed by atoms with van der Waals surface area (Å²) in [5.74, 6) is -0.358. The fraction of sp³-hybridized carbons (Fsp3) is 0.286. The van der Waals surface area contributed by atoms with Crippen molar-refractivity contribution < 1.29 is 4.79 Å². The van der Waals surface area contributed by atoms with Crippen molar-refractivity contribution in [1.29, 1.82) is 0 Å². The molecule has 1 amide bonds. The van der Waals surface area contributed by atoms with E-state index in [9.17, 15) is 4.79 Å². The molecule has 0 spiro atoms. The topological polar surface area (TPSA) is 69.1 Å². The van der Waals surface area contributed by atoms with Gasteiger partial charge in [-0.3, -0.25) is 4.79 Å². The van der Waals surface area contributed by atoms with Gasteiger partial charge in [-0.25, -0.2) is 0 Å². The summed E-state index contributed by atoms with van der Waals surface area (Å²) >= 11 is 1.56. The van der Waals surface area contributed by atoms with Crippen LogP contribution in [-0.2, 0) is 4.79 Å². The number of hydrogen-bond acceptors (Lipinski definition) is 3. The summed E-state index contributed by atoms with van der Waals surface area (Å²) in [6.45, 7) is 0. The Morgan fingerprint density at radius 1 is 1.73 bits per heavy atom. The molecule has 11 heavy (non-hydrogen) atoms. The van der Waals surface area contributed by atoms with E-state index in [0.717, 1.165) is 5.56 Å². The van der Waals surface area contributed by atoms with Gasteiger partial charge in [-0.1, -0.05) is 0 Å². The zero-order valence-electron chi connectivity index (χ0n) is 5.99. The first kappa shape index (κ1) is 8.23. The molecule has 0 aliphatic heterocycles. The van der Waals surface area contributed by atoms with Crippen molar-refractivity contribution in [3.63, 3.8) is 0 Å². The van der Waals surface area contributed by atoms with Crippen LogP contribution in [0.2, 0.25) is 0 Å². The number of thiophene rings is 1. The minimum atomic E-state index is -0.358. The van der Waals surface area contributed by atoms with Crippen LogP contribution in [0.1, 0.15) is 18.0 Å². The van der Waals surface area contributed by atoms with Crippen molar-refractivity contribution in [2.45, 2.75) is 12.5 Å². The number of carbonyl (C=O) groups is 1. The van der Waals surface area contributed by atoms with Crippen molar-refractivity contribution >= 4 is 17.2 Å². The first-order valence-corrected chi connectivity index (χ1v) is 4.20. The minimum absolute atomic E-state index is 0.219. The maximum Gasteiger partial charge on any atom is 0.219 e. The van der Waals surface area contributed by atoms with Crippen LogP contribution in [0.15, 0.2) is 16.8 Å². The molecule has 0 bridgehead atoms. The minimum Gasteiger partial charge on any atom is -0.370 e. The third kappa shape index (κ3) is 2.32. The van der Waals surface area contributed by atoms with Crippen LogP contribution in [0.4, 0.5) is 0 Å². The maximum absolute atomic E-state index is 10.5. The zero-order valence-corrected chi connectivity index (χ0v) is 6.80. The van der Waals surface area contributed by atoms with E-state index in [-0.39, 0.29) is 18.4 Å². The zero-order chi connectivity index (χ0) is 8.27. The highest BCUT2D eigenvalue weighted by molar-refractivity contribution is 7.07. The predicted octanol–water partition coefficient (Wildman–Crippen LogP) is 0.623. The highest BCUT2D eigenvalue weighted by atomic mass is 32.1. The Morgan fingerprint density at radius 2 is 2.45 bits per heavy atom. The van der Waals surface area contributed by atoms with Gasteiger partial charge in [-0.2, -0.15) is 11.3 Å². The Kier molecular flexibility index (Phi) is 2.62. The number of rotatable bonds is 3. The largest absolute Gasteiger partial charge is 0.370 e. The Hall–Kier alpha value is -0.870. The molecule has 1 atom stereocenters. The monoisotopic (exact) mass is 170 g/mol. The number of primary amides is 1. The SMILES string of the molecule is NC(=O)C[C@@H](N)c1ccsc1. The molecule has 0 fully saturated rings. The lowest BCUT2D eigenvalue weighted by Crippen LogP contribution is -2.20. The fourth-order valence-electron chi connectivity index (χ4n) is 0.821. The molecule has 0 unspecified atom stereocenters. The molecule has 4 N–H and O–H groups in total. The first-order chi connectivity index (χ1) is 5.20. The van der Waals surface area contributed by atoms with Crippen LogP contribution < -0.4 is 11.5 Å². The smallest absolute Gasteiger partial charge is 0.219 e. The lowest BCUT2D eigenvalue weighted by molar-refractivity contribution is -0.118. The fourth-order valence-corrected chi connectivity index (χ4v) is 1.55. The molecule has 0 radical (unpaired) electrons. The lowest BCUT2D eigenvalue weighted by Gasteiger charge is -2.05. The Morgan fingerprint density at radius 3 is 2.91 bits per heavy atom. The molecule has 0 aromatic carbocycles. The molecule has 0 aliphatic carbocycles. The van der Waals surface area contributed by atoms with Crippen LogP contribution >= 0.6 is 11.3 Å². The van der Waals surface area contributed by atoms with Crippen LogP contribution in [0.5, 0.6) is 0 Å². The quantitative estimate of drug-likeness (QED) is 0.698. The molecule has 1 rings (SSSR count). The second kappa shape index (κ2) is 3.50. The molecular weight excluding hydrogens is 160 g/mol. The van der Waals surface area contributed by atoms with Gasteiger partial charge < -0.3 is 11.5 Å². The van der Waals surface area contributed by atoms with Crippen LogP contribution in [0, 0.1) is 0 Å². The number of amides is 1. The van der Waals surface area contributed by atoms with Crippen molar-refractivity contribution in [3.05, 3.63) is 22.4 Å². The summed E-state index contributed by atoms with van der Waals surface area (Å²) in [6, 6.07) is 1.66. The Balaban J connectivity index is 2.56. The van der Waals surface area contributed by atoms with Gasteiger partial charge in [0.05, 0.1) is 0 Å². The van der Waals surface area contributed by atoms with E-state index in [1.54, 1.807) is 11.3 Å². The van der Waals surface area contributed by atoms with E-state index >= 15 is 0 Å². The third-order valence-electron chi connectivity index (χ3n) is 1.39. The van der Waals surface area contributed by atoms with E-state index in [1.165, 1.54) is 0 Å². The third-order valence-corrected chi connectivity index (χ3v) is 2.09. The van der Waals surface area contributed by atoms with Crippen molar-refractivity contribution in [2.24, 2.45) is 11.5 Å². The van der Waals surface area contributed by atoms with Gasteiger partial charge >= 0.3 is 0 Å². The molecule has 0 saturated carbocycles. The number of carbonyl (C=O) groups excluding carboxylic acids is 1. The van der Waals surface area contributed by atoms with Crippen LogP contribution in [-0.4, -0.2) is 5.91 Å². The van der Waals surface area contributed by atoms with Gasteiger partial charge in [-0.15, -0.1) is 0 Å². The highest BCUT2D eigenvalue weighted by Gasteiger charge is 2.08. The van der Waals surface area contributed by atoms with E-state index < -0.39 is 0 Å². The Bertz CT molecular complexity index is 233. The first-order valence-electron chi connectivity index (χ1n) is 3.26. The molecule has 1 aromatic rings. The van der Waals surface area contributed by atoms with Gasteiger partial charge in [0, 0.05) is 12.5 Å². The summed E-state index contributed by atoms with van der Waals surface area (Å²) < 4.78 is 0. The molecule has 0 saturated heterocycles. The Labute approximate surface area is 69.0 Å². The van der Waals surface area contributed by atoms with Gasteiger partial charge in [0.2, 0.25) is 5.91 Å². The second-order valence-corrected chi connectivity index (χ2v) is 3.11. The van der Waals surface area contributed by atoms with Crippen molar-refractivity contribution in [1.82, 2.24) is 0 Å². The molecule has 3 nitrogen and oxygen atoms in total. The molecular formula is C7H10N2OS. The standard InChI is InChI=1S/C7H10N2OS/c8-6(3-7(9)10)5-1-2-11-4-5/h1-2,4,6H,3,8H2,(H2,9,10)/t6-/m1/s1. The van der Waals surface area contributed by atoms with Gasteiger partial charge in [-0.05, 0) is 22.4 Å². The second-order valence-electron chi connectivity index (χ2n) is 2.33. The van der Waals surface area contributed by atoms with Crippen molar-refractivity contribution in [3.8, 4) is 0 Å². The molecule has 0 aliphatic rings. The summed E-state index contributed by atoms with van der Waals surface area (Å²) in [4.78, 5) is 10.5. The summed E-state index contributed by atoms with van der Waals surface area (Å²) in [6.07, 6.45) is 0.219. The molecule has 1 aromatic heterocycles. The van der Waals surface area contributed by atoms with Gasteiger partial charge in [0.15, 0.2) is 0 Å². The maximum atomic E-state index is 10.5. The summed E-state index contributed by atoms with van der Waals surface area (Å²) in [5, 5.41) is 3.85. The van der Waals surface area contributed by atoms with Crippen molar-refractivity contribution in [2.75, 3.05) is 0 Å². The average molecular weight is 170 g/mol. The van der Waals surface area contributed by atoms with E-state index in [1.807, 2.05) is 16.8 Å². The molecule has 4 heteroatoms. The van der Waals surface area contributed by atoms with Gasteiger partial charge in [0.1, 0.15) is 0 Å². The lowest BCUT2D eigenvalue weighted by atomic mass is 10.1. The van der Waals surface area contributed by atoms with E-state index in [4.69, 9.17) is 11.5 Å². The predicted molar refractivity (Wildman–Crippen MR) is 45.1 cm³/mol. The van der Waals surface area contributed by atoms with Crippen LogP contribution in [0.25, 0.3) is 0 Å².